The van der Waals surface area contributed by atoms with Crippen molar-refractivity contribution >= 4 is 22.1 Å². The normalized spacial score (nSPS) is 14.9. The highest BCUT2D eigenvalue weighted by Gasteiger charge is 2.30. The third-order valence-corrected chi connectivity index (χ3v) is 6.66. The number of rotatable bonds is 5. The van der Waals surface area contributed by atoms with Crippen LogP contribution in [0.1, 0.15) is 22.8 Å². The minimum atomic E-state index is -3.58. The van der Waals surface area contributed by atoms with Gasteiger partial charge in [-0.25, -0.2) is 13.2 Å². The molecule has 2 aromatic rings. The molecular formula is C21H24N2O6S. The fraction of sp³-hybridized carbons (Fsp3) is 0.333. The van der Waals surface area contributed by atoms with Gasteiger partial charge < -0.3 is 14.4 Å². The number of benzene rings is 2. The Kier molecular flexibility index (Phi) is 6.73. The lowest BCUT2D eigenvalue weighted by Gasteiger charge is -2.34. The van der Waals surface area contributed by atoms with E-state index in [9.17, 15) is 18.0 Å². The molecule has 0 atom stereocenters. The molecule has 2 aromatic carbocycles. The van der Waals surface area contributed by atoms with Crippen molar-refractivity contribution in [2.24, 2.45) is 0 Å². The summed E-state index contributed by atoms with van der Waals surface area (Å²) in [6.45, 7) is 4.83. The largest absolute Gasteiger partial charge is 0.513 e. The first-order chi connectivity index (χ1) is 14.3. The van der Waals surface area contributed by atoms with Crippen molar-refractivity contribution in [2.45, 2.75) is 18.7 Å². The minimum Gasteiger partial charge on any atom is -0.434 e. The van der Waals surface area contributed by atoms with Crippen LogP contribution in [0.2, 0.25) is 0 Å². The zero-order valence-electron chi connectivity index (χ0n) is 16.9. The molecule has 0 saturated carbocycles. The number of amides is 1. The lowest BCUT2D eigenvalue weighted by Crippen LogP contribution is -2.50. The van der Waals surface area contributed by atoms with Crippen LogP contribution in [0.5, 0.6) is 5.75 Å². The van der Waals surface area contributed by atoms with Crippen LogP contribution in [0, 0.1) is 6.92 Å². The number of ether oxygens (including phenoxy) is 2. The van der Waals surface area contributed by atoms with Gasteiger partial charge in [0, 0.05) is 31.7 Å². The maximum absolute atomic E-state index is 12.8. The molecule has 160 valence electrons. The van der Waals surface area contributed by atoms with E-state index in [2.05, 4.69) is 0 Å². The number of carbonyl (C=O) groups is 2. The van der Waals surface area contributed by atoms with Crippen LogP contribution < -0.4 is 4.74 Å². The van der Waals surface area contributed by atoms with E-state index in [0.717, 1.165) is 5.56 Å². The number of hydrogen-bond donors (Lipinski definition) is 0. The van der Waals surface area contributed by atoms with Crippen LogP contribution in [0.3, 0.4) is 0 Å². The SMILES string of the molecule is CCOC(=O)Oc1ccc(C(=O)N2CCN(S(=O)(=O)c3ccc(C)cc3)CC2)cc1. The highest BCUT2D eigenvalue weighted by atomic mass is 32.2. The highest BCUT2D eigenvalue weighted by molar-refractivity contribution is 7.89. The minimum absolute atomic E-state index is 0.204. The van der Waals surface area contributed by atoms with E-state index in [-0.39, 0.29) is 36.2 Å². The summed E-state index contributed by atoms with van der Waals surface area (Å²) in [4.78, 5) is 25.9. The van der Waals surface area contributed by atoms with Crippen molar-refractivity contribution in [3.8, 4) is 5.75 Å². The molecule has 1 aliphatic rings. The Labute approximate surface area is 176 Å². The molecule has 0 bridgehead atoms. The average molecular weight is 432 g/mol. The van der Waals surface area contributed by atoms with Crippen LogP contribution in [-0.2, 0) is 14.8 Å². The quantitative estimate of drug-likeness (QED) is 0.533. The zero-order valence-corrected chi connectivity index (χ0v) is 17.7. The maximum atomic E-state index is 12.8. The molecule has 30 heavy (non-hydrogen) atoms. The molecule has 1 heterocycles. The fourth-order valence-electron chi connectivity index (χ4n) is 3.08. The van der Waals surface area contributed by atoms with E-state index < -0.39 is 16.2 Å². The molecule has 1 amide bonds. The van der Waals surface area contributed by atoms with Crippen LogP contribution in [0.4, 0.5) is 4.79 Å². The lowest BCUT2D eigenvalue weighted by molar-refractivity contribution is 0.0698. The van der Waals surface area contributed by atoms with E-state index in [1.165, 1.54) is 16.4 Å². The van der Waals surface area contributed by atoms with E-state index in [0.29, 0.717) is 18.7 Å². The van der Waals surface area contributed by atoms with Gasteiger partial charge in [-0.05, 0) is 50.2 Å². The summed E-state index contributed by atoms with van der Waals surface area (Å²) in [6, 6.07) is 12.9. The number of piperazine rings is 1. The molecule has 0 spiro atoms. The summed E-state index contributed by atoms with van der Waals surface area (Å²) in [5, 5.41) is 0. The molecule has 0 aliphatic carbocycles. The van der Waals surface area contributed by atoms with Gasteiger partial charge in [-0.2, -0.15) is 4.31 Å². The van der Waals surface area contributed by atoms with Crippen molar-refractivity contribution in [3.05, 3.63) is 59.7 Å². The second-order valence-electron chi connectivity index (χ2n) is 6.82. The maximum Gasteiger partial charge on any atom is 0.513 e. The van der Waals surface area contributed by atoms with Crippen LogP contribution in [-0.4, -0.2) is 62.5 Å². The molecule has 0 N–H and O–H groups in total. The topological polar surface area (TPSA) is 93.2 Å². The summed E-state index contributed by atoms with van der Waals surface area (Å²) in [7, 11) is -3.58. The van der Waals surface area contributed by atoms with Gasteiger partial charge in [0.1, 0.15) is 5.75 Å². The second kappa shape index (κ2) is 9.27. The zero-order chi connectivity index (χ0) is 21.7. The third kappa shape index (κ3) is 4.98. The van der Waals surface area contributed by atoms with Crippen molar-refractivity contribution < 1.29 is 27.5 Å². The molecule has 1 aliphatic heterocycles. The summed E-state index contributed by atoms with van der Waals surface area (Å²) >= 11 is 0. The number of carbonyl (C=O) groups excluding carboxylic acids is 2. The number of aryl methyl sites for hydroxylation is 1. The second-order valence-corrected chi connectivity index (χ2v) is 8.76. The highest BCUT2D eigenvalue weighted by Crippen LogP contribution is 2.20. The monoisotopic (exact) mass is 432 g/mol. The van der Waals surface area contributed by atoms with Crippen LogP contribution in [0.15, 0.2) is 53.4 Å². The Bertz CT molecular complexity index is 995. The molecule has 3 rings (SSSR count). The third-order valence-electron chi connectivity index (χ3n) is 4.75. The molecule has 1 saturated heterocycles. The summed E-state index contributed by atoms with van der Waals surface area (Å²) in [5.74, 6) is 0.0732. The Morgan fingerprint density at radius 2 is 1.53 bits per heavy atom. The Hall–Kier alpha value is -2.91. The Morgan fingerprint density at radius 3 is 2.10 bits per heavy atom. The Morgan fingerprint density at radius 1 is 0.933 bits per heavy atom. The Balaban J connectivity index is 1.60. The summed E-state index contributed by atoms with van der Waals surface area (Å²) < 4.78 is 36.7. The van der Waals surface area contributed by atoms with Crippen molar-refractivity contribution in [1.29, 1.82) is 0 Å². The standard InChI is InChI=1S/C21H24N2O6S/c1-3-28-21(25)29-18-8-6-17(7-9-18)20(24)22-12-14-23(15-13-22)30(26,27)19-10-4-16(2)5-11-19/h4-11H,3,12-15H2,1-2H3. The number of hydrogen-bond acceptors (Lipinski definition) is 6. The van der Waals surface area contributed by atoms with E-state index in [4.69, 9.17) is 9.47 Å². The van der Waals surface area contributed by atoms with Gasteiger partial charge in [0.25, 0.3) is 5.91 Å². The summed E-state index contributed by atoms with van der Waals surface area (Å²) in [5.41, 5.74) is 1.42. The molecular weight excluding hydrogens is 408 g/mol. The van der Waals surface area contributed by atoms with Gasteiger partial charge in [-0.3, -0.25) is 4.79 Å². The van der Waals surface area contributed by atoms with Crippen molar-refractivity contribution in [1.82, 2.24) is 9.21 Å². The summed E-state index contributed by atoms with van der Waals surface area (Å²) in [6.07, 6.45) is -0.803. The van der Waals surface area contributed by atoms with Gasteiger partial charge >= 0.3 is 6.16 Å². The van der Waals surface area contributed by atoms with E-state index in [1.807, 2.05) is 6.92 Å². The van der Waals surface area contributed by atoms with E-state index >= 15 is 0 Å². The molecule has 9 heteroatoms. The van der Waals surface area contributed by atoms with Gasteiger partial charge in [0.2, 0.25) is 10.0 Å². The molecule has 1 fully saturated rings. The van der Waals surface area contributed by atoms with Crippen molar-refractivity contribution in [3.63, 3.8) is 0 Å². The first-order valence-corrected chi connectivity index (χ1v) is 11.1. The smallest absolute Gasteiger partial charge is 0.434 e. The van der Waals surface area contributed by atoms with E-state index in [1.54, 1.807) is 48.2 Å². The molecule has 0 unspecified atom stereocenters. The first kappa shape index (κ1) is 21.8. The number of nitrogens with zero attached hydrogens (tertiary/aromatic N) is 2. The van der Waals surface area contributed by atoms with Crippen LogP contribution >= 0.6 is 0 Å². The van der Waals surface area contributed by atoms with Gasteiger partial charge in [0.05, 0.1) is 11.5 Å². The predicted molar refractivity (Wildman–Crippen MR) is 110 cm³/mol. The molecule has 8 nitrogen and oxygen atoms in total. The molecule has 0 aromatic heterocycles. The average Bonchev–Trinajstić information content (AvgIpc) is 2.74. The predicted octanol–water partition coefficient (Wildman–Crippen LogP) is 2.68. The molecule has 0 radical (unpaired) electrons. The van der Waals surface area contributed by atoms with Crippen molar-refractivity contribution in [2.75, 3.05) is 32.8 Å². The fourth-order valence-corrected chi connectivity index (χ4v) is 4.50. The van der Waals surface area contributed by atoms with Gasteiger partial charge in [-0.1, -0.05) is 17.7 Å². The van der Waals surface area contributed by atoms with Gasteiger partial charge in [-0.15, -0.1) is 0 Å². The first-order valence-electron chi connectivity index (χ1n) is 9.62. The van der Waals surface area contributed by atoms with Crippen LogP contribution in [0.25, 0.3) is 0 Å². The van der Waals surface area contributed by atoms with Gasteiger partial charge in [0.15, 0.2) is 0 Å². The lowest BCUT2D eigenvalue weighted by atomic mass is 10.2. The number of sulfonamides is 1.